The molecule has 29 heavy (non-hydrogen) atoms. The highest BCUT2D eigenvalue weighted by molar-refractivity contribution is 6.28. The van der Waals surface area contributed by atoms with Crippen LogP contribution in [0.4, 0.5) is 5.69 Å². The lowest BCUT2D eigenvalue weighted by molar-refractivity contribution is -0.115. The molecule has 152 valence electrons. The summed E-state index contributed by atoms with van der Waals surface area (Å²) in [5.74, 6) is 0.369. The maximum Gasteiger partial charge on any atom is 0.263 e. The number of piperidine rings is 1. The summed E-state index contributed by atoms with van der Waals surface area (Å²) in [6.07, 6.45) is 1.78. The molecular weight excluding hydrogens is 372 g/mol. The van der Waals surface area contributed by atoms with E-state index in [-0.39, 0.29) is 23.2 Å². The van der Waals surface area contributed by atoms with E-state index in [0.717, 1.165) is 11.3 Å². The number of benzene rings is 1. The molecule has 1 saturated heterocycles. The molecule has 0 unspecified atom stereocenters. The molecule has 1 aliphatic rings. The minimum Gasteiger partial charge on any atom is -0.481 e. The molecule has 0 spiro atoms. The highest BCUT2D eigenvalue weighted by Crippen LogP contribution is 2.31. The lowest BCUT2D eigenvalue weighted by Crippen LogP contribution is -2.43. The van der Waals surface area contributed by atoms with E-state index in [1.165, 1.54) is 13.5 Å². The van der Waals surface area contributed by atoms with Crippen LogP contribution in [-0.4, -0.2) is 35.4 Å². The fourth-order valence-corrected chi connectivity index (χ4v) is 3.18. The van der Waals surface area contributed by atoms with Crippen LogP contribution in [0.2, 0.25) is 0 Å². The molecule has 9 nitrogen and oxygen atoms in total. The maximum atomic E-state index is 13.0. The Bertz CT molecular complexity index is 970. The molecule has 0 atom stereocenters. The van der Waals surface area contributed by atoms with E-state index in [1.807, 2.05) is 38.1 Å². The number of aromatic nitrogens is 2. The minimum atomic E-state index is -0.440. The summed E-state index contributed by atoms with van der Waals surface area (Å²) in [5.41, 5.74) is 13.5. The van der Waals surface area contributed by atoms with E-state index in [1.54, 1.807) is 4.90 Å². The van der Waals surface area contributed by atoms with Gasteiger partial charge in [0, 0.05) is 18.7 Å². The predicted octanol–water partition coefficient (Wildman–Crippen LogP) is 1.82. The summed E-state index contributed by atoms with van der Waals surface area (Å²) in [6.45, 7) is 8.09. The van der Waals surface area contributed by atoms with E-state index < -0.39 is 5.41 Å². The molecule has 9 heteroatoms. The SMILES string of the molecule is C=C(/N=C1/CCN(c2ccc(C(C)(C)c3ncon3)cc2)C(=O)C1=C(N)N)OC. The summed E-state index contributed by atoms with van der Waals surface area (Å²) in [5, 5.41) is 3.94. The molecule has 1 aliphatic heterocycles. The summed E-state index contributed by atoms with van der Waals surface area (Å²) in [4.78, 5) is 23.0. The third-order valence-electron chi connectivity index (χ3n) is 4.92. The molecule has 1 aromatic carbocycles. The fraction of sp³-hybridized carbons (Fsp3) is 0.300. The van der Waals surface area contributed by atoms with Crippen molar-refractivity contribution in [2.75, 3.05) is 18.6 Å². The average molecular weight is 396 g/mol. The van der Waals surface area contributed by atoms with Crippen LogP contribution >= 0.6 is 0 Å². The van der Waals surface area contributed by atoms with E-state index in [0.29, 0.717) is 24.5 Å². The third-order valence-corrected chi connectivity index (χ3v) is 4.92. The van der Waals surface area contributed by atoms with Crippen LogP contribution < -0.4 is 16.4 Å². The van der Waals surface area contributed by atoms with Crippen molar-refractivity contribution in [2.45, 2.75) is 25.7 Å². The summed E-state index contributed by atoms with van der Waals surface area (Å²) >= 11 is 0. The van der Waals surface area contributed by atoms with Crippen molar-refractivity contribution in [3.63, 3.8) is 0 Å². The van der Waals surface area contributed by atoms with Gasteiger partial charge < -0.3 is 25.6 Å². The highest BCUT2D eigenvalue weighted by atomic mass is 16.5. The van der Waals surface area contributed by atoms with Gasteiger partial charge in [-0.1, -0.05) is 17.3 Å². The first-order valence-electron chi connectivity index (χ1n) is 9.01. The Morgan fingerprint density at radius 1 is 1.31 bits per heavy atom. The number of nitrogens with zero attached hydrogens (tertiary/aromatic N) is 4. The van der Waals surface area contributed by atoms with Gasteiger partial charge in [-0.2, -0.15) is 4.98 Å². The average Bonchev–Trinajstić information content (AvgIpc) is 3.23. The number of rotatable bonds is 5. The van der Waals surface area contributed by atoms with Crippen LogP contribution in [0.3, 0.4) is 0 Å². The lowest BCUT2D eigenvalue weighted by atomic mass is 9.84. The first-order chi connectivity index (χ1) is 13.8. The van der Waals surface area contributed by atoms with Crippen LogP contribution in [0.25, 0.3) is 0 Å². The molecule has 1 aromatic heterocycles. The number of carbonyl (C=O) groups is 1. The third kappa shape index (κ3) is 3.84. The molecule has 3 rings (SSSR count). The number of anilines is 1. The zero-order valence-corrected chi connectivity index (χ0v) is 16.7. The van der Waals surface area contributed by atoms with Gasteiger partial charge in [0.1, 0.15) is 11.4 Å². The predicted molar refractivity (Wildman–Crippen MR) is 109 cm³/mol. The van der Waals surface area contributed by atoms with Crippen molar-refractivity contribution in [1.29, 1.82) is 0 Å². The molecule has 0 bridgehead atoms. The van der Waals surface area contributed by atoms with Gasteiger partial charge in [-0.25, -0.2) is 4.99 Å². The molecular formula is C20H24N6O3. The van der Waals surface area contributed by atoms with Crippen LogP contribution in [0.1, 0.15) is 31.7 Å². The topological polar surface area (TPSA) is 133 Å². The number of methoxy groups -OCH3 is 1. The van der Waals surface area contributed by atoms with Gasteiger partial charge in [0.05, 0.1) is 18.2 Å². The number of carbonyl (C=O) groups excluding carboxylic acids is 1. The van der Waals surface area contributed by atoms with Crippen LogP contribution in [0, 0.1) is 0 Å². The monoisotopic (exact) mass is 396 g/mol. The quantitative estimate of drug-likeness (QED) is 0.582. The van der Waals surface area contributed by atoms with E-state index >= 15 is 0 Å². The molecule has 2 heterocycles. The van der Waals surface area contributed by atoms with Crippen LogP contribution in [-0.2, 0) is 14.9 Å². The van der Waals surface area contributed by atoms with Gasteiger partial charge in [-0.3, -0.25) is 4.79 Å². The lowest BCUT2D eigenvalue weighted by Gasteiger charge is -2.30. The van der Waals surface area contributed by atoms with Gasteiger partial charge in [0.15, 0.2) is 5.82 Å². The normalized spacial score (nSPS) is 16.2. The Morgan fingerprint density at radius 3 is 2.55 bits per heavy atom. The van der Waals surface area contributed by atoms with Crippen LogP contribution in [0.5, 0.6) is 0 Å². The number of ether oxygens (including phenoxy) is 1. The zero-order valence-electron chi connectivity index (χ0n) is 16.7. The number of amides is 1. The van der Waals surface area contributed by atoms with Crippen molar-refractivity contribution in [1.82, 2.24) is 10.1 Å². The second-order valence-corrected chi connectivity index (χ2v) is 7.12. The Hall–Kier alpha value is -3.62. The molecule has 0 radical (unpaired) electrons. The van der Waals surface area contributed by atoms with Crippen molar-refractivity contribution in [2.24, 2.45) is 16.5 Å². The number of aliphatic imine (C=N–C) groups is 1. The number of nitrogens with two attached hydrogens (primary N) is 2. The number of hydrogen-bond donors (Lipinski definition) is 2. The largest absolute Gasteiger partial charge is 0.481 e. The molecule has 2 aromatic rings. The van der Waals surface area contributed by atoms with Crippen LogP contribution in [0.15, 0.2) is 64.0 Å². The maximum absolute atomic E-state index is 13.0. The molecule has 4 N–H and O–H groups in total. The molecule has 0 saturated carbocycles. The summed E-state index contributed by atoms with van der Waals surface area (Å²) < 4.78 is 9.84. The van der Waals surface area contributed by atoms with Crippen molar-refractivity contribution in [3.05, 3.63) is 65.9 Å². The van der Waals surface area contributed by atoms with E-state index in [9.17, 15) is 4.79 Å². The Labute approximate surface area is 168 Å². The Kier molecular flexibility index (Phi) is 5.40. The van der Waals surface area contributed by atoms with Gasteiger partial charge in [0.2, 0.25) is 12.3 Å². The van der Waals surface area contributed by atoms with Gasteiger partial charge in [0.25, 0.3) is 5.91 Å². The summed E-state index contributed by atoms with van der Waals surface area (Å²) in [7, 11) is 1.45. The number of hydrogen-bond acceptors (Lipinski definition) is 8. The van der Waals surface area contributed by atoms with Crippen molar-refractivity contribution < 1.29 is 14.1 Å². The Morgan fingerprint density at radius 2 is 2.00 bits per heavy atom. The molecule has 0 aliphatic carbocycles. The first-order valence-corrected chi connectivity index (χ1v) is 9.01. The van der Waals surface area contributed by atoms with Gasteiger partial charge in [-0.15, -0.1) is 0 Å². The first kappa shape index (κ1) is 20.1. The minimum absolute atomic E-state index is 0.0859. The molecule has 1 amide bonds. The standard InChI is InChI=1S/C20H24N6O3/c1-12(28-4)24-15-9-10-26(18(27)16(15)17(21)22)14-7-5-13(6-8-14)20(2,3)19-23-11-29-25-19/h5-8,11H,1,9-10,21-22H2,2-4H3/b24-15-. The van der Waals surface area contributed by atoms with Crippen molar-refractivity contribution in [3.8, 4) is 0 Å². The second kappa shape index (κ2) is 7.78. The summed E-state index contributed by atoms with van der Waals surface area (Å²) in [6, 6.07) is 7.61. The van der Waals surface area contributed by atoms with Gasteiger partial charge >= 0.3 is 0 Å². The molecule has 1 fully saturated rings. The fourth-order valence-electron chi connectivity index (χ4n) is 3.18. The second-order valence-electron chi connectivity index (χ2n) is 7.12. The zero-order chi connectivity index (χ0) is 21.2. The van der Waals surface area contributed by atoms with Gasteiger partial charge in [-0.05, 0) is 38.1 Å². The smallest absolute Gasteiger partial charge is 0.263 e. The highest BCUT2D eigenvalue weighted by Gasteiger charge is 2.32. The Balaban J connectivity index is 1.88. The van der Waals surface area contributed by atoms with E-state index in [4.69, 9.17) is 20.7 Å². The van der Waals surface area contributed by atoms with Crippen molar-refractivity contribution >= 4 is 17.3 Å². The van der Waals surface area contributed by atoms with E-state index in [2.05, 4.69) is 21.7 Å².